The molecule has 0 spiro atoms. The molecule has 6 unspecified atom stereocenters. The molecule has 9 aliphatic rings. The number of hydrogen-bond donors (Lipinski definition) is 12. The van der Waals surface area contributed by atoms with Crippen molar-refractivity contribution in [3.63, 3.8) is 0 Å². The maximum Gasteiger partial charge on any atom is 0.118 e. The third-order valence-corrected chi connectivity index (χ3v) is 36.7. The standard InChI is InChI=1S/C27H24O2.C24H24O2.C23H22O2.C22H24O2.C21H24O2.C21H18O2/c1-17-13-22(7-9-25(17)28)27(23-8-10-26(29)18(2)14-23)12-11-21-15-19-5-3-4-6-20(19)16-24(21)27;25-22-10-6-20(7-11-22)24(21-8-12-23(26)13-9-21)16-14-19(15-17-24)18-4-2-1-3-5-18;1-15-13-18(7-9-21(15)24)23(19-8-10-22(25)16(2)14-19)12-11-17-5-3-4-6-20(17)23;23-17-8-4-15(5-9-17)22(16-6-10-18(24)11-7-16)13-14-12-21(22)20-3-1-2-19(14)20;1-13-9-16(5-7-19(13)22)21(12-15-3-4-18(21)11-15)17-6-8-20(23)14(2)10-17;22-18-9-5-16(6-10-18)21(17-7-11-19(23)12-8-17)14-13-15-3-1-2-4-20(15)21/h3-10,13-16,28-29H,11-12H2,1-2H3;1-13,19,25-26H,14-17H2;3-10,13-14,24-25H,11-12H2,1-2H3;4-11,14,19-21,23-24H,1-3,12-13H2;5-10,15,18,22-23H,3-4,11-12H2,1-2H3;1-12,22-23H,13-14H2. The maximum atomic E-state index is 10.1. The first-order valence-electron chi connectivity index (χ1n) is 53.9. The Bertz CT molecular complexity index is 7460. The average Bonchev–Trinajstić information content (AvgIpc) is 1.56. The normalized spacial score (nSPS) is 19.8. The molecule has 12 heteroatoms. The molecule has 26 rings (SSSR count). The van der Waals surface area contributed by atoms with E-state index in [1.165, 1.54) is 174 Å². The van der Waals surface area contributed by atoms with Crippen LogP contribution in [0.5, 0.6) is 69.0 Å². The predicted molar refractivity (Wildman–Crippen MR) is 600 cm³/mol. The molecule has 6 atom stereocenters. The van der Waals surface area contributed by atoms with Crippen LogP contribution in [0.2, 0.25) is 0 Å². The van der Waals surface area contributed by atoms with Crippen molar-refractivity contribution in [1.29, 1.82) is 0 Å². The van der Waals surface area contributed by atoms with Crippen molar-refractivity contribution in [3.8, 4) is 69.0 Å². The summed E-state index contributed by atoms with van der Waals surface area (Å²) in [6.07, 6.45) is 22.2. The highest BCUT2D eigenvalue weighted by Crippen LogP contribution is 2.69. The zero-order valence-corrected chi connectivity index (χ0v) is 86.6. The van der Waals surface area contributed by atoms with Gasteiger partial charge in [0, 0.05) is 32.5 Å². The van der Waals surface area contributed by atoms with Crippen molar-refractivity contribution >= 4 is 10.8 Å². The Balaban J connectivity index is 0.000000105. The largest absolute Gasteiger partial charge is 0.508 e. The lowest BCUT2D eigenvalue weighted by molar-refractivity contribution is 0.181. The molecule has 0 aromatic heterocycles. The van der Waals surface area contributed by atoms with Gasteiger partial charge < -0.3 is 61.3 Å². The van der Waals surface area contributed by atoms with Crippen LogP contribution in [0.4, 0.5) is 0 Å². The van der Waals surface area contributed by atoms with Crippen LogP contribution in [-0.4, -0.2) is 61.3 Å². The first kappa shape index (κ1) is 101. The van der Waals surface area contributed by atoms with E-state index in [-0.39, 0.29) is 44.0 Å². The van der Waals surface area contributed by atoms with Gasteiger partial charge in [0.05, 0.1) is 0 Å². The molecule has 9 aliphatic carbocycles. The van der Waals surface area contributed by atoms with E-state index in [4.69, 9.17) is 0 Å². The molecule has 0 radical (unpaired) electrons. The van der Waals surface area contributed by atoms with Crippen molar-refractivity contribution in [2.45, 2.75) is 202 Å². The Hall–Kier alpha value is -15.4. The highest BCUT2D eigenvalue weighted by atomic mass is 16.3. The topological polar surface area (TPSA) is 243 Å². The number of hydrogen-bond acceptors (Lipinski definition) is 12. The fraction of sp³-hybridized carbons (Fsp3) is 0.275. The molecule has 6 saturated carbocycles. The van der Waals surface area contributed by atoms with Crippen LogP contribution in [0.1, 0.15) is 248 Å². The minimum absolute atomic E-state index is 0.0415. The molecular weight excluding hydrogens is 1850 g/mol. The second kappa shape index (κ2) is 41.3. The Morgan fingerprint density at radius 3 is 0.947 bits per heavy atom. The van der Waals surface area contributed by atoms with E-state index in [0.29, 0.717) is 75.2 Å². The second-order valence-corrected chi connectivity index (χ2v) is 44.5. The summed E-state index contributed by atoms with van der Waals surface area (Å²) in [5.74, 6) is 9.26. The van der Waals surface area contributed by atoms with Crippen LogP contribution in [0.3, 0.4) is 0 Å². The summed E-state index contributed by atoms with van der Waals surface area (Å²) in [5.41, 5.74) is 29.1. The van der Waals surface area contributed by atoms with Crippen LogP contribution in [0.25, 0.3) is 10.8 Å². The monoisotopic (exact) mass is 1990 g/mol. The number of rotatable bonds is 13. The molecule has 760 valence electrons. The fourth-order valence-electron chi connectivity index (χ4n) is 29.1. The average molecular weight is 1990 g/mol. The van der Waals surface area contributed by atoms with Crippen molar-refractivity contribution in [3.05, 3.63) is 509 Å². The molecule has 12 nitrogen and oxygen atoms in total. The summed E-state index contributed by atoms with van der Waals surface area (Å²) in [5, 5.41) is 121. The smallest absolute Gasteiger partial charge is 0.118 e. The molecule has 0 heterocycles. The van der Waals surface area contributed by atoms with Gasteiger partial charge in [-0.15, -0.1) is 0 Å². The molecule has 6 fully saturated rings. The first-order chi connectivity index (χ1) is 72.6. The first-order valence-corrected chi connectivity index (χ1v) is 53.9. The number of phenolic OH excluding ortho intramolecular Hbond substituents is 12. The van der Waals surface area contributed by atoms with E-state index >= 15 is 0 Å². The number of aromatic hydroxyl groups is 12. The predicted octanol–water partition coefficient (Wildman–Crippen LogP) is 30.9. The Morgan fingerprint density at radius 2 is 0.560 bits per heavy atom. The van der Waals surface area contributed by atoms with Crippen LogP contribution in [0, 0.1) is 77.0 Å². The zero-order valence-electron chi connectivity index (χ0n) is 86.6. The van der Waals surface area contributed by atoms with Crippen molar-refractivity contribution in [2.75, 3.05) is 0 Å². The number of benzene rings is 17. The van der Waals surface area contributed by atoms with E-state index in [2.05, 4.69) is 200 Å². The van der Waals surface area contributed by atoms with Gasteiger partial charge in [-0.3, -0.25) is 0 Å². The van der Waals surface area contributed by atoms with Crippen LogP contribution in [-0.2, 0) is 51.8 Å². The Kier molecular flexibility index (Phi) is 27.7. The second-order valence-electron chi connectivity index (χ2n) is 44.5. The van der Waals surface area contributed by atoms with Crippen LogP contribution >= 0.6 is 0 Å². The van der Waals surface area contributed by atoms with Crippen molar-refractivity contribution in [2.24, 2.45) is 35.5 Å². The summed E-state index contributed by atoms with van der Waals surface area (Å²) in [7, 11) is 0. The summed E-state index contributed by atoms with van der Waals surface area (Å²) < 4.78 is 0. The van der Waals surface area contributed by atoms with Crippen molar-refractivity contribution < 1.29 is 61.3 Å². The third kappa shape index (κ3) is 18.5. The lowest BCUT2D eigenvalue weighted by Crippen LogP contribution is -2.40. The van der Waals surface area contributed by atoms with Gasteiger partial charge in [-0.25, -0.2) is 0 Å². The molecule has 17 aromatic rings. The minimum atomic E-state index is -0.295. The van der Waals surface area contributed by atoms with Gasteiger partial charge in [-0.1, -0.05) is 268 Å². The summed E-state index contributed by atoms with van der Waals surface area (Å²) in [6, 6.07) is 123. The van der Waals surface area contributed by atoms with Gasteiger partial charge in [-0.05, 0) is 457 Å². The van der Waals surface area contributed by atoms with Gasteiger partial charge in [0.2, 0.25) is 0 Å². The molecule has 4 bridgehead atoms. The highest BCUT2D eigenvalue weighted by molar-refractivity contribution is 5.86. The molecule has 0 aliphatic heterocycles. The highest BCUT2D eigenvalue weighted by Gasteiger charge is 2.62. The molecule has 0 amide bonds. The van der Waals surface area contributed by atoms with Gasteiger partial charge in [0.15, 0.2) is 0 Å². The molecule has 17 aromatic carbocycles. The Morgan fingerprint density at radius 1 is 0.233 bits per heavy atom. The summed E-state index contributed by atoms with van der Waals surface area (Å²) >= 11 is 0. The van der Waals surface area contributed by atoms with E-state index in [1.54, 1.807) is 72.8 Å². The number of aryl methyl sites for hydroxylation is 9. The van der Waals surface area contributed by atoms with Gasteiger partial charge in [0.25, 0.3) is 0 Å². The SMILES string of the molecule is Cc1cc(C2(c3ccc(O)c(C)c3)CC3CCC2C3)ccc1O.Cc1cc(C2(c3ccc(O)c(C)c3)CCc3cc4ccccc4cc32)ccc1O.Cc1cc(C2(c3ccc(O)c(C)c3)CCc3ccccc32)ccc1O.Oc1ccc(C2(c3ccc(O)cc3)CC3CC2C2CCCC32)cc1.Oc1ccc(C2(c3ccc(O)cc3)CCC(c3ccccc3)CC2)cc1.Oc1ccc(C2(c3ccc(O)cc3)CCc3ccccc32)cc1. The van der Waals surface area contributed by atoms with Gasteiger partial charge in [-0.2, -0.15) is 0 Å². The Labute approximate surface area is 881 Å². The minimum Gasteiger partial charge on any atom is -0.508 e. The third-order valence-electron chi connectivity index (χ3n) is 36.7. The molecule has 0 saturated heterocycles. The maximum absolute atomic E-state index is 10.1. The van der Waals surface area contributed by atoms with E-state index in [9.17, 15) is 61.3 Å². The van der Waals surface area contributed by atoms with E-state index < -0.39 is 0 Å². The fourth-order valence-corrected chi connectivity index (χ4v) is 29.1. The molecular formula is C138H136O12. The molecule has 150 heavy (non-hydrogen) atoms. The lowest BCUT2D eigenvalue weighted by atomic mass is 9.59. The summed E-state index contributed by atoms with van der Waals surface area (Å²) in [4.78, 5) is 0. The number of fused-ring (bicyclic) bond motifs is 11. The van der Waals surface area contributed by atoms with Gasteiger partial charge in [0.1, 0.15) is 69.0 Å². The van der Waals surface area contributed by atoms with Crippen LogP contribution < -0.4 is 0 Å². The van der Waals surface area contributed by atoms with E-state index in [0.717, 1.165) is 121 Å². The van der Waals surface area contributed by atoms with Gasteiger partial charge >= 0.3 is 0 Å². The zero-order chi connectivity index (χ0) is 104. The van der Waals surface area contributed by atoms with Crippen LogP contribution in [0.15, 0.2) is 370 Å². The van der Waals surface area contributed by atoms with E-state index in [1.807, 2.05) is 139 Å². The quantitative estimate of drug-likeness (QED) is 0.0516. The lowest BCUT2D eigenvalue weighted by Gasteiger charge is -2.44. The number of phenols is 12. The molecule has 12 N–H and O–H groups in total. The summed E-state index contributed by atoms with van der Waals surface area (Å²) in [6.45, 7) is 11.7. The van der Waals surface area contributed by atoms with Crippen molar-refractivity contribution in [1.82, 2.24) is 0 Å².